The van der Waals surface area contributed by atoms with Gasteiger partial charge in [-0.05, 0) is 37.8 Å². The second kappa shape index (κ2) is 7.79. The number of amides is 1. The highest BCUT2D eigenvalue weighted by Crippen LogP contribution is 2.22. The van der Waals surface area contributed by atoms with Gasteiger partial charge in [-0.3, -0.25) is 9.36 Å². The van der Waals surface area contributed by atoms with Crippen LogP contribution in [0.3, 0.4) is 0 Å². The van der Waals surface area contributed by atoms with Crippen LogP contribution in [0.5, 0.6) is 6.01 Å². The number of fused-ring (bicyclic) bond motifs is 1. The average Bonchev–Trinajstić information content (AvgIpc) is 3.00. The van der Waals surface area contributed by atoms with Gasteiger partial charge in [-0.2, -0.15) is 0 Å². The molecule has 0 aliphatic heterocycles. The predicted molar refractivity (Wildman–Crippen MR) is 97.3 cm³/mol. The number of nitrogens with zero attached hydrogens (tertiary/aromatic N) is 3. The molecule has 2 aromatic heterocycles. The van der Waals surface area contributed by atoms with Gasteiger partial charge in [0.15, 0.2) is 11.4 Å². The zero-order valence-corrected chi connectivity index (χ0v) is 15.0. The highest BCUT2D eigenvalue weighted by atomic mass is 19.1. The zero-order chi connectivity index (χ0) is 19.5. The van der Waals surface area contributed by atoms with E-state index >= 15 is 0 Å². The summed E-state index contributed by atoms with van der Waals surface area (Å²) in [5.74, 6) is -1.30. The van der Waals surface area contributed by atoms with E-state index < -0.39 is 11.6 Å². The number of aromatic nitrogens is 3. The Bertz CT molecular complexity index is 1020. The maximum absolute atomic E-state index is 12.8. The third-order valence-electron chi connectivity index (χ3n) is 4.78. The Morgan fingerprint density at radius 3 is 2.68 bits per heavy atom. The standard InChI is InChI=1S/C19H19FN4O4/c20-12-9-21-18(22-10-12)27-14-7-5-13(6-8-14)23-17(25)11-24-15-3-1-2-4-16(15)28-19(24)26/h1-4,9-10,13-14H,5-8,11H2,(H,23,25). The van der Waals surface area contributed by atoms with Crippen molar-refractivity contribution >= 4 is 17.0 Å². The maximum Gasteiger partial charge on any atom is 0.420 e. The monoisotopic (exact) mass is 386 g/mol. The maximum atomic E-state index is 12.8. The highest BCUT2D eigenvalue weighted by Gasteiger charge is 2.24. The quantitative estimate of drug-likeness (QED) is 0.720. The van der Waals surface area contributed by atoms with Crippen molar-refractivity contribution in [3.05, 3.63) is 53.0 Å². The number of oxazole rings is 1. The van der Waals surface area contributed by atoms with Crippen LogP contribution in [0, 0.1) is 5.82 Å². The molecule has 0 radical (unpaired) electrons. The molecule has 1 N–H and O–H groups in total. The molecule has 9 heteroatoms. The third kappa shape index (κ3) is 4.03. The molecule has 1 aliphatic rings. The Morgan fingerprint density at radius 1 is 1.21 bits per heavy atom. The van der Waals surface area contributed by atoms with Crippen molar-refractivity contribution < 1.29 is 18.3 Å². The lowest BCUT2D eigenvalue weighted by molar-refractivity contribution is -0.122. The van der Waals surface area contributed by atoms with Crippen molar-refractivity contribution in [1.82, 2.24) is 19.9 Å². The normalized spacial score (nSPS) is 19.5. The van der Waals surface area contributed by atoms with Crippen molar-refractivity contribution in [2.24, 2.45) is 0 Å². The first kappa shape index (κ1) is 18.1. The Labute approximate surface area is 159 Å². The molecule has 1 amide bonds. The van der Waals surface area contributed by atoms with E-state index in [0.717, 1.165) is 38.1 Å². The van der Waals surface area contributed by atoms with Gasteiger partial charge < -0.3 is 14.5 Å². The summed E-state index contributed by atoms with van der Waals surface area (Å²) in [5, 5.41) is 2.96. The summed E-state index contributed by atoms with van der Waals surface area (Å²) in [6, 6.07) is 7.16. The van der Waals surface area contributed by atoms with Crippen molar-refractivity contribution in [3.63, 3.8) is 0 Å². The van der Waals surface area contributed by atoms with Crippen LogP contribution in [0.15, 0.2) is 45.9 Å². The summed E-state index contributed by atoms with van der Waals surface area (Å²) < 4.78 is 25.0. The summed E-state index contributed by atoms with van der Waals surface area (Å²) in [6.45, 7) is -0.0876. The number of hydrogen-bond acceptors (Lipinski definition) is 6. The van der Waals surface area contributed by atoms with E-state index in [0.29, 0.717) is 11.1 Å². The second-order valence-corrected chi connectivity index (χ2v) is 6.76. The molecule has 1 fully saturated rings. The number of benzene rings is 1. The molecule has 1 aromatic carbocycles. The van der Waals surface area contributed by atoms with Gasteiger partial charge in [0.2, 0.25) is 5.91 Å². The summed E-state index contributed by atoms with van der Waals surface area (Å²) in [6.07, 6.45) is 4.97. The van der Waals surface area contributed by atoms with Gasteiger partial charge in [-0.25, -0.2) is 19.2 Å². The summed E-state index contributed by atoms with van der Waals surface area (Å²) in [5.41, 5.74) is 1.06. The molecule has 0 saturated heterocycles. The number of halogens is 1. The molecule has 8 nitrogen and oxygen atoms in total. The van der Waals surface area contributed by atoms with E-state index in [4.69, 9.17) is 9.15 Å². The summed E-state index contributed by atoms with van der Waals surface area (Å²) >= 11 is 0. The topological polar surface area (TPSA) is 99.2 Å². The molecule has 0 bridgehead atoms. The fourth-order valence-corrected chi connectivity index (χ4v) is 3.42. The number of carbonyl (C=O) groups excluding carboxylic acids is 1. The summed E-state index contributed by atoms with van der Waals surface area (Å²) in [7, 11) is 0. The molecule has 146 valence electrons. The Balaban J connectivity index is 1.29. The van der Waals surface area contributed by atoms with Gasteiger partial charge >= 0.3 is 11.8 Å². The molecular formula is C19H19FN4O4. The van der Waals surface area contributed by atoms with Gasteiger partial charge in [-0.1, -0.05) is 12.1 Å². The molecule has 0 unspecified atom stereocenters. The van der Waals surface area contributed by atoms with E-state index in [-0.39, 0.29) is 30.6 Å². The number of para-hydroxylation sites is 2. The lowest BCUT2D eigenvalue weighted by Gasteiger charge is -2.28. The molecule has 1 aliphatic carbocycles. The Kier molecular flexibility index (Phi) is 5.05. The highest BCUT2D eigenvalue weighted by molar-refractivity contribution is 5.79. The van der Waals surface area contributed by atoms with Crippen molar-refractivity contribution in [2.75, 3.05) is 0 Å². The van der Waals surface area contributed by atoms with Crippen molar-refractivity contribution in [3.8, 4) is 6.01 Å². The molecule has 2 heterocycles. The SMILES string of the molecule is O=C(Cn1c(=O)oc2ccccc21)NC1CCC(Oc2ncc(F)cn2)CC1. The van der Waals surface area contributed by atoms with E-state index in [1.807, 2.05) is 0 Å². The van der Waals surface area contributed by atoms with Gasteiger partial charge in [0.25, 0.3) is 0 Å². The molecule has 0 atom stereocenters. The van der Waals surface area contributed by atoms with E-state index in [2.05, 4.69) is 15.3 Å². The first-order valence-corrected chi connectivity index (χ1v) is 9.10. The van der Waals surface area contributed by atoms with Crippen LogP contribution in [0.4, 0.5) is 4.39 Å². The number of nitrogens with one attached hydrogen (secondary N) is 1. The molecule has 4 rings (SSSR count). The zero-order valence-electron chi connectivity index (χ0n) is 15.0. The van der Waals surface area contributed by atoms with Gasteiger partial charge in [-0.15, -0.1) is 0 Å². The van der Waals surface area contributed by atoms with Crippen LogP contribution in [0.25, 0.3) is 11.1 Å². The number of hydrogen-bond donors (Lipinski definition) is 1. The van der Waals surface area contributed by atoms with E-state index in [9.17, 15) is 14.0 Å². The molecular weight excluding hydrogens is 367 g/mol. The molecule has 3 aromatic rings. The van der Waals surface area contributed by atoms with Crippen LogP contribution in [0.1, 0.15) is 25.7 Å². The minimum absolute atomic E-state index is 0.00959. The van der Waals surface area contributed by atoms with Crippen LogP contribution in [-0.2, 0) is 11.3 Å². The Hall–Kier alpha value is -3.23. The van der Waals surface area contributed by atoms with Gasteiger partial charge in [0, 0.05) is 6.04 Å². The van der Waals surface area contributed by atoms with Gasteiger partial charge in [0.1, 0.15) is 12.6 Å². The van der Waals surface area contributed by atoms with Gasteiger partial charge in [0.05, 0.1) is 17.9 Å². The predicted octanol–water partition coefficient (Wildman–Crippen LogP) is 2.03. The number of carbonyl (C=O) groups is 1. The lowest BCUT2D eigenvalue weighted by atomic mass is 9.93. The summed E-state index contributed by atoms with van der Waals surface area (Å²) in [4.78, 5) is 31.9. The minimum atomic E-state index is -0.548. The van der Waals surface area contributed by atoms with Crippen molar-refractivity contribution in [1.29, 1.82) is 0 Å². The molecule has 28 heavy (non-hydrogen) atoms. The average molecular weight is 386 g/mol. The van der Waals surface area contributed by atoms with E-state index in [1.54, 1.807) is 24.3 Å². The van der Waals surface area contributed by atoms with Crippen LogP contribution in [0.2, 0.25) is 0 Å². The second-order valence-electron chi connectivity index (χ2n) is 6.76. The third-order valence-corrected chi connectivity index (χ3v) is 4.78. The van der Waals surface area contributed by atoms with Crippen LogP contribution in [-0.4, -0.2) is 32.6 Å². The fraction of sp³-hybridized carbons (Fsp3) is 0.368. The van der Waals surface area contributed by atoms with Crippen molar-refractivity contribution in [2.45, 2.75) is 44.4 Å². The number of rotatable bonds is 5. The fourth-order valence-electron chi connectivity index (χ4n) is 3.42. The smallest absolute Gasteiger partial charge is 0.420 e. The largest absolute Gasteiger partial charge is 0.460 e. The molecule has 1 saturated carbocycles. The van der Waals surface area contributed by atoms with Crippen LogP contribution >= 0.6 is 0 Å². The molecule has 0 spiro atoms. The van der Waals surface area contributed by atoms with E-state index in [1.165, 1.54) is 4.57 Å². The number of ether oxygens (including phenoxy) is 1. The first-order chi connectivity index (χ1) is 13.6. The lowest BCUT2D eigenvalue weighted by Crippen LogP contribution is -2.41. The minimum Gasteiger partial charge on any atom is -0.460 e. The van der Waals surface area contributed by atoms with Crippen LogP contribution < -0.4 is 15.8 Å². The Morgan fingerprint density at radius 2 is 1.93 bits per heavy atom. The first-order valence-electron chi connectivity index (χ1n) is 9.10.